The molecule has 3 rings (SSSR count). The van der Waals surface area contributed by atoms with Gasteiger partial charge in [-0.1, -0.05) is 108 Å². The molecule has 2 unspecified atom stereocenters. The highest BCUT2D eigenvalue weighted by atomic mass is 16.3. The molecule has 0 bridgehead atoms. The van der Waals surface area contributed by atoms with E-state index in [1.807, 2.05) is 12.4 Å². The maximum Gasteiger partial charge on any atom is 0.127 e. The van der Waals surface area contributed by atoms with Gasteiger partial charge in [-0.3, -0.25) is 9.98 Å². The van der Waals surface area contributed by atoms with Crippen LogP contribution in [-0.4, -0.2) is 34.7 Å². The van der Waals surface area contributed by atoms with E-state index >= 15 is 0 Å². The lowest BCUT2D eigenvalue weighted by molar-refractivity contribution is 0.387. The fraction of sp³-hybridized carbons (Fsp3) is 0.650. The molecule has 1 aliphatic carbocycles. The van der Waals surface area contributed by atoms with E-state index in [0.29, 0.717) is 11.5 Å². The summed E-state index contributed by atoms with van der Waals surface area (Å²) in [6, 6.07) is 8.70. The molecule has 1 aliphatic rings. The molecule has 2 aromatic carbocycles. The predicted molar refractivity (Wildman–Crippen MR) is 190 cm³/mol. The molecule has 0 spiro atoms. The van der Waals surface area contributed by atoms with Gasteiger partial charge in [0.25, 0.3) is 0 Å². The third kappa shape index (κ3) is 11.7. The summed E-state index contributed by atoms with van der Waals surface area (Å²) >= 11 is 0. The number of phenols is 2. The van der Waals surface area contributed by atoms with Gasteiger partial charge < -0.3 is 10.2 Å². The smallest absolute Gasteiger partial charge is 0.127 e. The van der Waals surface area contributed by atoms with Gasteiger partial charge >= 0.3 is 0 Å². The van der Waals surface area contributed by atoms with Crippen molar-refractivity contribution in [3.63, 3.8) is 0 Å². The Morgan fingerprint density at radius 3 is 1.16 bits per heavy atom. The van der Waals surface area contributed by atoms with Gasteiger partial charge in [0.15, 0.2) is 0 Å². The zero-order valence-corrected chi connectivity index (χ0v) is 30.1. The minimum absolute atomic E-state index is 0.0469. The second-order valence-corrected chi connectivity index (χ2v) is 18.3. The quantitative estimate of drug-likeness (QED) is 0.295. The molecule has 2 aromatic rings. The van der Waals surface area contributed by atoms with Crippen molar-refractivity contribution in [2.45, 2.75) is 147 Å². The molecule has 4 nitrogen and oxygen atoms in total. The third-order valence-electron chi connectivity index (χ3n) is 7.97. The summed E-state index contributed by atoms with van der Waals surface area (Å²) in [7, 11) is 0. The van der Waals surface area contributed by atoms with E-state index in [4.69, 9.17) is 9.98 Å². The Balaban J connectivity index is 1.95. The number of hydrogen-bond acceptors (Lipinski definition) is 4. The lowest BCUT2D eigenvalue weighted by Gasteiger charge is -2.26. The molecule has 0 aliphatic heterocycles. The Morgan fingerprint density at radius 1 is 0.545 bits per heavy atom. The minimum Gasteiger partial charge on any atom is -0.507 e. The standard InChI is InChI=1S/C40H62N2O2/c1-37(2,3)21-27-17-29(23-39(7,8)9)35(43)31(19-27)25-41-33-15-13-14-16-34(33)42-26-32-20-28(22-38(4,5)6)18-30(36(32)44)24-40(10,11)12/h17-20,25-26,33-34,43-44H,13-16,21-24H2,1-12H3. The van der Waals surface area contributed by atoms with Crippen LogP contribution >= 0.6 is 0 Å². The second kappa shape index (κ2) is 13.8. The van der Waals surface area contributed by atoms with E-state index in [0.717, 1.165) is 73.6 Å². The molecule has 44 heavy (non-hydrogen) atoms. The van der Waals surface area contributed by atoms with Gasteiger partial charge in [-0.25, -0.2) is 0 Å². The van der Waals surface area contributed by atoms with Crippen molar-refractivity contribution >= 4 is 12.4 Å². The normalized spacial score (nSPS) is 18.9. The first-order chi connectivity index (χ1) is 20.1. The van der Waals surface area contributed by atoms with Crippen molar-refractivity contribution in [3.8, 4) is 11.5 Å². The van der Waals surface area contributed by atoms with Crippen LogP contribution in [0.2, 0.25) is 0 Å². The van der Waals surface area contributed by atoms with Crippen molar-refractivity contribution in [2.75, 3.05) is 0 Å². The second-order valence-electron chi connectivity index (χ2n) is 18.3. The highest BCUT2D eigenvalue weighted by Crippen LogP contribution is 2.35. The van der Waals surface area contributed by atoms with E-state index in [1.54, 1.807) is 0 Å². The van der Waals surface area contributed by atoms with E-state index in [-0.39, 0.29) is 33.7 Å². The summed E-state index contributed by atoms with van der Waals surface area (Å²) < 4.78 is 0. The van der Waals surface area contributed by atoms with Crippen LogP contribution < -0.4 is 0 Å². The molecular weight excluding hydrogens is 540 g/mol. The predicted octanol–water partition coefficient (Wildman–Crippen LogP) is 10.3. The Morgan fingerprint density at radius 2 is 0.864 bits per heavy atom. The average Bonchev–Trinajstić information content (AvgIpc) is 2.83. The lowest BCUT2D eigenvalue weighted by atomic mass is 9.83. The first-order valence-electron chi connectivity index (χ1n) is 16.8. The van der Waals surface area contributed by atoms with Gasteiger partial charge in [0.1, 0.15) is 11.5 Å². The molecule has 0 saturated heterocycles. The molecule has 2 atom stereocenters. The van der Waals surface area contributed by atoms with Crippen molar-refractivity contribution in [1.82, 2.24) is 0 Å². The number of benzene rings is 2. The topological polar surface area (TPSA) is 65.2 Å². The van der Waals surface area contributed by atoms with E-state index in [2.05, 4.69) is 107 Å². The lowest BCUT2D eigenvalue weighted by Crippen LogP contribution is -2.27. The van der Waals surface area contributed by atoms with E-state index in [1.165, 1.54) is 11.1 Å². The zero-order chi connectivity index (χ0) is 33.1. The van der Waals surface area contributed by atoms with Crippen molar-refractivity contribution in [1.29, 1.82) is 0 Å². The van der Waals surface area contributed by atoms with Crippen LogP contribution in [0.15, 0.2) is 34.3 Å². The molecular formula is C40H62N2O2. The van der Waals surface area contributed by atoms with Crippen LogP contribution in [0.5, 0.6) is 11.5 Å². The van der Waals surface area contributed by atoms with Gasteiger partial charge in [0.05, 0.1) is 12.1 Å². The number of aliphatic imine (C=N–C) groups is 2. The van der Waals surface area contributed by atoms with E-state index in [9.17, 15) is 10.2 Å². The first-order valence-corrected chi connectivity index (χ1v) is 16.8. The third-order valence-corrected chi connectivity index (χ3v) is 7.97. The molecule has 1 saturated carbocycles. The number of nitrogens with zero attached hydrogens (tertiary/aromatic N) is 2. The van der Waals surface area contributed by atoms with Crippen molar-refractivity contribution < 1.29 is 10.2 Å². The van der Waals surface area contributed by atoms with Crippen molar-refractivity contribution in [3.05, 3.63) is 57.6 Å². The fourth-order valence-electron chi connectivity index (χ4n) is 6.40. The van der Waals surface area contributed by atoms with Gasteiger partial charge in [-0.05, 0) is 94.6 Å². The number of rotatable bonds is 8. The van der Waals surface area contributed by atoms with Gasteiger partial charge in [0.2, 0.25) is 0 Å². The maximum absolute atomic E-state index is 11.3. The highest BCUT2D eigenvalue weighted by Gasteiger charge is 2.25. The zero-order valence-electron chi connectivity index (χ0n) is 30.1. The average molecular weight is 603 g/mol. The van der Waals surface area contributed by atoms with Gasteiger partial charge in [0, 0.05) is 23.6 Å². The Kier molecular flexibility index (Phi) is 11.2. The SMILES string of the molecule is CC(C)(C)Cc1cc(C=NC2CCCCC2N=Cc2cc(CC(C)(C)C)cc(CC(C)(C)C)c2O)c(O)c(CC(C)(C)C)c1. The summed E-state index contributed by atoms with van der Waals surface area (Å²) in [6.45, 7) is 26.8. The highest BCUT2D eigenvalue weighted by molar-refractivity contribution is 5.86. The number of phenolic OH excluding ortho intramolecular Hbond substituents is 2. The van der Waals surface area contributed by atoms with Gasteiger partial charge in [-0.15, -0.1) is 0 Å². The molecule has 1 fully saturated rings. The Bertz CT molecular complexity index is 1220. The summed E-state index contributed by atoms with van der Waals surface area (Å²) in [4.78, 5) is 10.2. The Hall–Kier alpha value is -2.62. The van der Waals surface area contributed by atoms with Crippen LogP contribution in [-0.2, 0) is 25.7 Å². The van der Waals surface area contributed by atoms with E-state index < -0.39 is 0 Å². The molecule has 4 heteroatoms. The molecule has 244 valence electrons. The van der Waals surface area contributed by atoms with Crippen molar-refractivity contribution in [2.24, 2.45) is 31.6 Å². The van der Waals surface area contributed by atoms with Crippen LogP contribution in [0.4, 0.5) is 0 Å². The molecule has 0 radical (unpaired) electrons. The minimum atomic E-state index is 0.0469. The summed E-state index contributed by atoms with van der Waals surface area (Å²) in [5, 5.41) is 22.6. The van der Waals surface area contributed by atoms with Crippen LogP contribution in [0.25, 0.3) is 0 Å². The van der Waals surface area contributed by atoms with Crippen LogP contribution in [0.3, 0.4) is 0 Å². The Labute approximate surface area is 269 Å². The molecule has 0 heterocycles. The first kappa shape index (κ1) is 35.9. The monoisotopic (exact) mass is 602 g/mol. The largest absolute Gasteiger partial charge is 0.507 e. The molecule has 2 N–H and O–H groups in total. The number of aromatic hydroxyl groups is 2. The van der Waals surface area contributed by atoms with Crippen LogP contribution in [0.1, 0.15) is 142 Å². The summed E-state index contributed by atoms with van der Waals surface area (Å²) in [6.07, 6.45) is 11.5. The fourth-order valence-corrected chi connectivity index (χ4v) is 6.40. The van der Waals surface area contributed by atoms with Crippen LogP contribution in [0, 0.1) is 21.7 Å². The molecule has 0 aromatic heterocycles. The maximum atomic E-state index is 11.3. The summed E-state index contributed by atoms with van der Waals surface area (Å²) in [5.74, 6) is 0.702. The molecule has 0 amide bonds. The number of hydrogen-bond donors (Lipinski definition) is 2. The van der Waals surface area contributed by atoms with Gasteiger partial charge in [-0.2, -0.15) is 0 Å². The summed E-state index contributed by atoms with van der Waals surface area (Å²) in [5.41, 5.74) is 6.52.